The number of anilines is 1. The van der Waals surface area contributed by atoms with Crippen LogP contribution in [0.1, 0.15) is 25.8 Å². The fraction of sp³-hybridized carbons (Fsp3) is 0.643. The molecule has 2 heterocycles. The summed E-state index contributed by atoms with van der Waals surface area (Å²) in [5.41, 5.74) is 0.959. The average Bonchev–Trinajstić information content (AvgIpc) is 2.65. The van der Waals surface area contributed by atoms with Gasteiger partial charge in [-0.25, -0.2) is 9.37 Å². The van der Waals surface area contributed by atoms with Crippen LogP contribution in [0.25, 0.3) is 0 Å². The van der Waals surface area contributed by atoms with Crippen molar-refractivity contribution in [2.24, 2.45) is 0 Å². The average molecular weight is 283 g/mol. The van der Waals surface area contributed by atoms with Gasteiger partial charge in [0.2, 0.25) is 0 Å². The van der Waals surface area contributed by atoms with Gasteiger partial charge in [0.25, 0.3) is 0 Å². The van der Waals surface area contributed by atoms with E-state index in [-0.39, 0.29) is 5.82 Å². The first-order valence-electron chi connectivity index (χ1n) is 6.87. The lowest BCUT2D eigenvalue weighted by Gasteiger charge is -2.24. The number of thioether (sulfide) groups is 1. The number of nitrogens with one attached hydrogen (secondary N) is 1. The van der Waals surface area contributed by atoms with Gasteiger partial charge in [0.1, 0.15) is 11.6 Å². The lowest BCUT2D eigenvalue weighted by atomic mass is 10.2. The van der Waals surface area contributed by atoms with Crippen LogP contribution < -0.4 is 10.2 Å². The van der Waals surface area contributed by atoms with Crippen LogP contribution in [-0.4, -0.2) is 35.6 Å². The molecule has 0 aromatic carbocycles. The normalized spacial score (nSPS) is 16.7. The first-order chi connectivity index (χ1) is 9.16. The van der Waals surface area contributed by atoms with Crippen LogP contribution in [-0.2, 0) is 6.54 Å². The van der Waals surface area contributed by atoms with Crippen LogP contribution in [0, 0.1) is 5.82 Å². The summed E-state index contributed by atoms with van der Waals surface area (Å²) in [6.07, 6.45) is 2.49. The molecule has 0 amide bonds. The van der Waals surface area contributed by atoms with E-state index in [0.29, 0.717) is 12.6 Å². The van der Waals surface area contributed by atoms with Gasteiger partial charge in [-0.3, -0.25) is 0 Å². The van der Waals surface area contributed by atoms with Crippen molar-refractivity contribution in [2.75, 3.05) is 29.5 Å². The molecule has 1 aliphatic heterocycles. The van der Waals surface area contributed by atoms with E-state index in [0.717, 1.165) is 30.2 Å². The lowest BCUT2D eigenvalue weighted by Crippen LogP contribution is -2.29. The predicted molar refractivity (Wildman–Crippen MR) is 80.3 cm³/mol. The van der Waals surface area contributed by atoms with E-state index in [1.165, 1.54) is 18.4 Å². The van der Waals surface area contributed by atoms with Crippen molar-refractivity contribution in [3.8, 4) is 0 Å². The van der Waals surface area contributed by atoms with E-state index in [9.17, 15) is 4.39 Å². The highest BCUT2D eigenvalue weighted by Gasteiger charge is 2.15. The van der Waals surface area contributed by atoms with Crippen molar-refractivity contribution in [3.05, 3.63) is 23.6 Å². The molecular weight excluding hydrogens is 261 g/mol. The second-order valence-corrected chi connectivity index (χ2v) is 6.35. The molecule has 19 heavy (non-hydrogen) atoms. The second-order valence-electron chi connectivity index (χ2n) is 5.12. The maximum Gasteiger partial charge on any atom is 0.141 e. The highest BCUT2D eigenvalue weighted by molar-refractivity contribution is 7.99. The zero-order valence-electron chi connectivity index (χ0n) is 11.7. The van der Waals surface area contributed by atoms with Crippen LogP contribution in [0.15, 0.2) is 12.3 Å². The highest BCUT2D eigenvalue weighted by Crippen LogP contribution is 2.22. The Kier molecular flexibility index (Phi) is 5.45. The molecule has 0 aliphatic carbocycles. The molecule has 0 bridgehead atoms. The molecule has 3 nitrogen and oxygen atoms in total. The molecule has 0 saturated carbocycles. The minimum atomic E-state index is -0.256. The zero-order chi connectivity index (χ0) is 13.7. The van der Waals surface area contributed by atoms with Crippen LogP contribution in [0.2, 0.25) is 0 Å². The largest absolute Gasteiger partial charge is 0.355 e. The molecule has 2 rings (SSSR count). The van der Waals surface area contributed by atoms with Gasteiger partial charge in [-0.15, -0.1) is 0 Å². The summed E-state index contributed by atoms with van der Waals surface area (Å²) in [6, 6.07) is 1.99. The van der Waals surface area contributed by atoms with Gasteiger partial charge >= 0.3 is 0 Å². The van der Waals surface area contributed by atoms with E-state index >= 15 is 0 Å². The third-order valence-corrected chi connectivity index (χ3v) is 4.18. The SMILES string of the molecule is CC(C)NCc1cc(F)cnc1N1CCCSCC1. The van der Waals surface area contributed by atoms with E-state index < -0.39 is 0 Å². The zero-order valence-corrected chi connectivity index (χ0v) is 12.5. The van der Waals surface area contributed by atoms with Crippen LogP contribution >= 0.6 is 11.8 Å². The third kappa shape index (κ3) is 4.35. The number of hydrogen-bond donors (Lipinski definition) is 1. The van der Waals surface area contributed by atoms with Crippen molar-refractivity contribution in [2.45, 2.75) is 32.9 Å². The number of pyridine rings is 1. The van der Waals surface area contributed by atoms with Crippen molar-refractivity contribution < 1.29 is 4.39 Å². The molecule has 1 aromatic rings. The van der Waals surface area contributed by atoms with E-state index in [1.807, 2.05) is 11.8 Å². The highest BCUT2D eigenvalue weighted by atomic mass is 32.2. The van der Waals surface area contributed by atoms with Crippen LogP contribution in [0.3, 0.4) is 0 Å². The van der Waals surface area contributed by atoms with Gasteiger partial charge < -0.3 is 10.2 Å². The summed E-state index contributed by atoms with van der Waals surface area (Å²) in [4.78, 5) is 6.61. The van der Waals surface area contributed by atoms with E-state index in [2.05, 4.69) is 29.0 Å². The van der Waals surface area contributed by atoms with E-state index in [1.54, 1.807) is 6.07 Å². The first kappa shape index (κ1) is 14.6. The summed E-state index contributed by atoms with van der Waals surface area (Å²) in [7, 11) is 0. The monoisotopic (exact) mass is 283 g/mol. The Hall–Kier alpha value is -0.810. The Labute approximate surface area is 119 Å². The predicted octanol–water partition coefficient (Wildman–Crippen LogP) is 2.66. The molecule has 5 heteroatoms. The summed E-state index contributed by atoms with van der Waals surface area (Å²) < 4.78 is 13.4. The van der Waals surface area contributed by atoms with Gasteiger partial charge in [-0.1, -0.05) is 13.8 Å². The van der Waals surface area contributed by atoms with Crippen LogP contribution in [0.4, 0.5) is 10.2 Å². The fourth-order valence-electron chi connectivity index (χ4n) is 2.16. The first-order valence-corrected chi connectivity index (χ1v) is 8.03. The van der Waals surface area contributed by atoms with Crippen molar-refractivity contribution in [1.29, 1.82) is 0 Å². The minimum Gasteiger partial charge on any atom is -0.355 e. The maximum absolute atomic E-state index is 13.4. The molecule has 0 radical (unpaired) electrons. The second kappa shape index (κ2) is 7.10. The van der Waals surface area contributed by atoms with Crippen molar-refractivity contribution in [1.82, 2.24) is 10.3 Å². The Bertz CT molecular complexity index is 404. The molecule has 1 aromatic heterocycles. The Morgan fingerprint density at radius 2 is 2.26 bits per heavy atom. The van der Waals surface area contributed by atoms with Gasteiger partial charge in [0.05, 0.1) is 6.20 Å². The summed E-state index contributed by atoms with van der Waals surface area (Å²) in [5.74, 6) is 3.01. The topological polar surface area (TPSA) is 28.2 Å². The van der Waals surface area contributed by atoms with E-state index in [4.69, 9.17) is 0 Å². The van der Waals surface area contributed by atoms with Gasteiger partial charge in [0, 0.05) is 37.0 Å². The Morgan fingerprint density at radius 1 is 1.42 bits per heavy atom. The lowest BCUT2D eigenvalue weighted by molar-refractivity contribution is 0.576. The molecule has 106 valence electrons. The number of hydrogen-bond acceptors (Lipinski definition) is 4. The summed E-state index contributed by atoms with van der Waals surface area (Å²) in [5, 5.41) is 3.35. The van der Waals surface area contributed by atoms with Crippen LogP contribution in [0.5, 0.6) is 0 Å². The summed E-state index contributed by atoms with van der Waals surface area (Å²) in [6.45, 7) is 6.86. The molecule has 0 spiro atoms. The van der Waals surface area contributed by atoms with Crippen molar-refractivity contribution in [3.63, 3.8) is 0 Å². The molecule has 1 fully saturated rings. The number of halogens is 1. The molecule has 1 N–H and O–H groups in total. The minimum absolute atomic E-state index is 0.256. The number of aromatic nitrogens is 1. The molecule has 0 unspecified atom stereocenters. The molecule has 0 atom stereocenters. The van der Waals surface area contributed by atoms with Gasteiger partial charge in [0.15, 0.2) is 0 Å². The summed E-state index contributed by atoms with van der Waals surface area (Å²) >= 11 is 1.98. The standard InChI is InChI=1S/C14H22FN3S/c1-11(2)16-9-12-8-13(15)10-17-14(12)18-4-3-6-19-7-5-18/h8,10-11,16H,3-7,9H2,1-2H3. The smallest absolute Gasteiger partial charge is 0.141 e. The molecule has 1 saturated heterocycles. The quantitative estimate of drug-likeness (QED) is 0.919. The van der Waals surface area contributed by atoms with Crippen molar-refractivity contribution >= 4 is 17.6 Å². The molecule has 1 aliphatic rings. The Balaban J connectivity index is 2.17. The molecular formula is C14H22FN3S. The number of rotatable bonds is 4. The Morgan fingerprint density at radius 3 is 3.05 bits per heavy atom. The number of nitrogens with zero attached hydrogens (tertiary/aromatic N) is 2. The van der Waals surface area contributed by atoms with Gasteiger partial charge in [-0.2, -0.15) is 11.8 Å². The van der Waals surface area contributed by atoms with Gasteiger partial charge in [-0.05, 0) is 18.2 Å². The third-order valence-electron chi connectivity index (χ3n) is 3.13. The fourth-order valence-corrected chi connectivity index (χ4v) is 3.05. The maximum atomic E-state index is 13.4.